The van der Waals surface area contributed by atoms with Gasteiger partial charge in [0.25, 0.3) is 0 Å². The SMILES string of the molecule is CC(C)(C)c1ccc(CN2CC(C(=O)O)C(C)(C)C2)c(O)c1. The van der Waals surface area contributed by atoms with E-state index in [1.54, 1.807) is 0 Å². The second-order valence-electron chi connectivity index (χ2n) is 8.14. The van der Waals surface area contributed by atoms with Crippen molar-refractivity contribution in [1.82, 2.24) is 4.90 Å². The number of aliphatic carboxylic acids is 1. The summed E-state index contributed by atoms with van der Waals surface area (Å²) in [7, 11) is 0. The predicted molar refractivity (Wildman–Crippen MR) is 87.0 cm³/mol. The second-order valence-corrected chi connectivity index (χ2v) is 8.14. The first-order valence-electron chi connectivity index (χ1n) is 7.78. The first-order chi connectivity index (χ1) is 10.0. The standard InChI is InChI=1S/C18H27NO3/c1-17(2,3)13-7-6-12(15(20)8-13)9-19-10-14(16(21)22)18(4,5)11-19/h6-8,14,20H,9-11H2,1-5H3,(H,21,22). The van der Waals surface area contributed by atoms with Crippen molar-refractivity contribution >= 4 is 5.97 Å². The highest BCUT2D eigenvalue weighted by Crippen LogP contribution is 2.37. The van der Waals surface area contributed by atoms with Gasteiger partial charge in [-0.1, -0.05) is 46.8 Å². The molecular formula is C18H27NO3. The Labute approximate surface area is 132 Å². The quantitative estimate of drug-likeness (QED) is 0.900. The number of likely N-dealkylation sites (tertiary alicyclic amines) is 1. The summed E-state index contributed by atoms with van der Waals surface area (Å²) in [6, 6.07) is 5.83. The van der Waals surface area contributed by atoms with Gasteiger partial charge in [0, 0.05) is 25.2 Å². The van der Waals surface area contributed by atoms with E-state index in [2.05, 4.69) is 25.7 Å². The molecule has 1 aliphatic heterocycles. The third-order valence-corrected chi connectivity index (χ3v) is 4.66. The molecule has 1 saturated heterocycles. The van der Waals surface area contributed by atoms with Gasteiger partial charge >= 0.3 is 5.97 Å². The van der Waals surface area contributed by atoms with Crippen molar-refractivity contribution in [3.8, 4) is 5.75 Å². The summed E-state index contributed by atoms with van der Waals surface area (Å²) < 4.78 is 0. The minimum atomic E-state index is -0.736. The normalized spacial score (nSPS) is 22.0. The Hall–Kier alpha value is -1.55. The molecule has 1 aromatic carbocycles. The van der Waals surface area contributed by atoms with Crippen LogP contribution in [0.25, 0.3) is 0 Å². The average molecular weight is 305 g/mol. The van der Waals surface area contributed by atoms with Crippen LogP contribution in [0.2, 0.25) is 0 Å². The number of hydrogen-bond acceptors (Lipinski definition) is 3. The zero-order valence-corrected chi connectivity index (χ0v) is 14.2. The number of aromatic hydroxyl groups is 1. The fraction of sp³-hybridized carbons (Fsp3) is 0.611. The summed E-state index contributed by atoms with van der Waals surface area (Å²) in [5.41, 5.74) is 1.71. The van der Waals surface area contributed by atoms with Crippen LogP contribution in [0.3, 0.4) is 0 Å². The highest BCUT2D eigenvalue weighted by atomic mass is 16.4. The van der Waals surface area contributed by atoms with Crippen molar-refractivity contribution in [3.05, 3.63) is 29.3 Å². The minimum Gasteiger partial charge on any atom is -0.508 e. The van der Waals surface area contributed by atoms with Gasteiger partial charge in [0.1, 0.15) is 5.75 Å². The Kier molecular flexibility index (Phi) is 4.26. The monoisotopic (exact) mass is 305 g/mol. The molecule has 1 fully saturated rings. The average Bonchev–Trinajstić information content (AvgIpc) is 2.65. The van der Waals surface area contributed by atoms with Gasteiger partial charge in [-0.15, -0.1) is 0 Å². The summed E-state index contributed by atoms with van der Waals surface area (Å²) in [5.74, 6) is -0.799. The molecule has 4 heteroatoms. The number of benzene rings is 1. The number of carboxylic acids is 1. The van der Waals surface area contributed by atoms with Gasteiger partial charge in [-0.3, -0.25) is 9.69 Å². The van der Waals surface area contributed by atoms with Crippen LogP contribution in [-0.2, 0) is 16.8 Å². The smallest absolute Gasteiger partial charge is 0.308 e. The van der Waals surface area contributed by atoms with Gasteiger partial charge < -0.3 is 10.2 Å². The fourth-order valence-electron chi connectivity index (χ4n) is 3.19. The Morgan fingerprint density at radius 1 is 1.36 bits per heavy atom. The lowest BCUT2D eigenvalue weighted by atomic mass is 9.82. The lowest BCUT2D eigenvalue weighted by molar-refractivity contribution is -0.144. The van der Waals surface area contributed by atoms with Gasteiger partial charge in [-0.05, 0) is 22.5 Å². The molecule has 0 aliphatic carbocycles. The zero-order valence-electron chi connectivity index (χ0n) is 14.2. The Morgan fingerprint density at radius 2 is 2.00 bits per heavy atom. The summed E-state index contributed by atoms with van der Waals surface area (Å²) >= 11 is 0. The van der Waals surface area contributed by atoms with Crippen LogP contribution in [0.15, 0.2) is 18.2 Å². The van der Waals surface area contributed by atoms with Gasteiger partial charge in [-0.25, -0.2) is 0 Å². The topological polar surface area (TPSA) is 60.8 Å². The maximum atomic E-state index is 11.4. The van der Waals surface area contributed by atoms with Crippen molar-refractivity contribution in [1.29, 1.82) is 0 Å². The molecule has 22 heavy (non-hydrogen) atoms. The number of hydrogen-bond donors (Lipinski definition) is 2. The van der Waals surface area contributed by atoms with Crippen LogP contribution in [0.4, 0.5) is 0 Å². The lowest BCUT2D eigenvalue weighted by Crippen LogP contribution is -2.28. The molecule has 1 unspecified atom stereocenters. The number of phenolic OH excluding ortho intramolecular Hbond substituents is 1. The molecule has 1 aromatic rings. The minimum absolute atomic E-state index is 0.0000479. The van der Waals surface area contributed by atoms with Crippen LogP contribution < -0.4 is 0 Å². The molecule has 4 nitrogen and oxygen atoms in total. The molecule has 0 aromatic heterocycles. The van der Waals surface area contributed by atoms with E-state index in [9.17, 15) is 15.0 Å². The maximum Gasteiger partial charge on any atom is 0.308 e. The van der Waals surface area contributed by atoms with E-state index in [0.717, 1.165) is 17.7 Å². The van der Waals surface area contributed by atoms with Crippen molar-refractivity contribution < 1.29 is 15.0 Å². The van der Waals surface area contributed by atoms with E-state index in [1.165, 1.54) is 0 Å². The van der Waals surface area contributed by atoms with E-state index in [4.69, 9.17) is 0 Å². The molecule has 0 radical (unpaired) electrons. The summed E-state index contributed by atoms with van der Waals surface area (Å²) in [4.78, 5) is 13.5. The number of carboxylic acid groups (broad SMARTS) is 1. The predicted octanol–water partition coefficient (Wildman–Crippen LogP) is 3.23. The third kappa shape index (κ3) is 3.43. The summed E-state index contributed by atoms with van der Waals surface area (Å²) in [6.07, 6.45) is 0. The summed E-state index contributed by atoms with van der Waals surface area (Å²) in [6.45, 7) is 12.2. The van der Waals surface area contributed by atoms with Crippen LogP contribution in [-0.4, -0.2) is 34.2 Å². The van der Waals surface area contributed by atoms with E-state index in [-0.39, 0.29) is 16.7 Å². The lowest BCUT2D eigenvalue weighted by Gasteiger charge is -2.23. The first kappa shape index (κ1) is 16.8. The van der Waals surface area contributed by atoms with E-state index in [1.807, 2.05) is 32.0 Å². The van der Waals surface area contributed by atoms with Gasteiger partial charge in [-0.2, -0.15) is 0 Å². The van der Waals surface area contributed by atoms with Crippen LogP contribution in [0, 0.1) is 11.3 Å². The first-order valence-corrected chi connectivity index (χ1v) is 7.78. The third-order valence-electron chi connectivity index (χ3n) is 4.66. The molecule has 1 heterocycles. The summed E-state index contributed by atoms with van der Waals surface area (Å²) in [5, 5.41) is 19.6. The molecule has 122 valence electrons. The van der Waals surface area contributed by atoms with Gasteiger partial charge in [0.05, 0.1) is 5.92 Å². The second kappa shape index (κ2) is 5.58. The van der Waals surface area contributed by atoms with E-state index in [0.29, 0.717) is 18.8 Å². The van der Waals surface area contributed by atoms with Crippen molar-refractivity contribution in [2.75, 3.05) is 13.1 Å². The molecule has 0 saturated carbocycles. The number of phenols is 1. The van der Waals surface area contributed by atoms with Gasteiger partial charge in [0.2, 0.25) is 0 Å². The number of rotatable bonds is 3. The van der Waals surface area contributed by atoms with Crippen LogP contribution in [0.1, 0.15) is 45.7 Å². The molecule has 1 aliphatic rings. The number of carbonyl (C=O) groups is 1. The molecular weight excluding hydrogens is 278 g/mol. The van der Waals surface area contributed by atoms with Crippen molar-refractivity contribution in [3.63, 3.8) is 0 Å². The van der Waals surface area contributed by atoms with E-state index < -0.39 is 5.97 Å². The molecule has 0 spiro atoms. The maximum absolute atomic E-state index is 11.4. The molecule has 1 atom stereocenters. The Balaban J connectivity index is 2.14. The largest absolute Gasteiger partial charge is 0.508 e. The van der Waals surface area contributed by atoms with Crippen LogP contribution >= 0.6 is 0 Å². The van der Waals surface area contributed by atoms with Crippen molar-refractivity contribution in [2.24, 2.45) is 11.3 Å². The molecule has 2 N–H and O–H groups in total. The highest BCUT2D eigenvalue weighted by Gasteiger charge is 2.43. The highest BCUT2D eigenvalue weighted by molar-refractivity contribution is 5.71. The Morgan fingerprint density at radius 3 is 2.45 bits per heavy atom. The molecule has 0 bridgehead atoms. The zero-order chi connectivity index (χ0) is 16.7. The molecule has 2 rings (SSSR count). The van der Waals surface area contributed by atoms with Crippen LogP contribution in [0.5, 0.6) is 5.75 Å². The van der Waals surface area contributed by atoms with E-state index >= 15 is 0 Å². The molecule has 0 amide bonds. The van der Waals surface area contributed by atoms with Gasteiger partial charge in [0.15, 0.2) is 0 Å². The fourth-order valence-corrected chi connectivity index (χ4v) is 3.19. The number of nitrogens with zero attached hydrogens (tertiary/aromatic N) is 1. The Bertz CT molecular complexity index is 572. The van der Waals surface area contributed by atoms with Crippen molar-refractivity contribution in [2.45, 2.75) is 46.6 Å².